The number of fused-ring (bicyclic) bond motifs is 1. The second-order valence-corrected chi connectivity index (χ2v) is 8.74. The molecule has 25 heavy (non-hydrogen) atoms. The predicted octanol–water partition coefficient (Wildman–Crippen LogP) is 3.46. The Balaban J connectivity index is 1.72. The summed E-state index contributed by atoms with van der Waals surface area (Å²) >= 11 is 0. The molecule has 0 saturated carbocycles. The maximum atomic E-state index is 12.4. The van der Waals surface area contributed by atoms with Crippen molar-refractivity contribution in [1.82, 2.24) is 5.32 Å². The van der Waals surface area contributed by atoms with E-state index >= 15 is 0 Å². The van der Waals surface area contributed by atoms with E-state index in [4.69, 9.17) is 0 Å². The zero-order valence-corrected chi connectivity index (χ0v) is 15.4. The van der Waals surface area contributed by atoms with Crippen LogP contribution in [-0.4, -0.2) is 20.6 Å². The van der Waals surface area contributed by atoms with Crippen molar-refractivity contribution in [3.8, 4) is 0 Å². The van der Waals surface area contributed by atoms with E-state index in [2.05, 4.69) is 23.5 Å². The summed E-state index contributed by atoms with van der Waals surface area (Å²) in [5.41, 5.74) is 4.37. The topological polar surface area (TPSA) is 63.2 Å². The van der Waals surface area contributed by atoms with E-state index in [1.165, 1.54) is 36.1 Å². The molecule has 0 bridgehead atoms. The molecule has 3 rings (SSSR count). The highest BCUT2D eigenvalue weighted by molar-refractivity contribution is 7.90. The molecule has 2 aromatic rings. The summed E-state index contributed by atoms with van der Waals surface area (Å²) in [6, 6.07) is 12.4. The van der Waals surface area contributed by atoms with Gasteiger partial charge in [0.1, 0.15) is 0 Å². The van der Waals surface area contributed by atoms with Gasteiger partial charge in [0.05, 0.1) is 10.9 Å². The zero-order valence-electron chi connectivity index (χ0n) is 14.6. The SMILES string of the molecule is C[C@@H](NC(=O)c1ccc(S(C)(=O)=O)cc1)c1ccc2c(c1)CCCC2. The lowest BCUT2D eigenvalue weighted by molar-refractivity contribution is 0.0939. The molecule has 0 aromatic heterocycles. The van der Waals surface area contributed by atoms with Crippen molar-refractivity contribution in [2.24, 2.45) is 0 Å². The van der Waals surface area contributed by atoms with E-state index in [1.807, 2.05) is 6.92 Å². The van der Waals surface area contributed by atoms with Crippen LogP contribution in [0.1, 0.15) is 52.9 Å². The Bertz CT molecular complexity index is 886. The van der Waals surface area contributed by atoms with E-state index in [9.17, 15) is 13.2 Å². The number of benzene rings is 2. The van der Waals surface area contributed by atoms with E-state index < -0.39 is 9.84 Å². The van der Waals surface area contributed by atoms with Gasteiger partial charge in [-0.25, -0.2) is 8.42 Å². The smallest absolute Gasteiger partial charge is 0.251 e. The molecule has 2 aromatic carbocycles. The molecule has 4 nitrogen and oxygen atoms in total. The molecule has 0 heterocycles. The fraction of sp³-hybridized carbons (Fsp3) is 0.350. The Morgan fingerprint density at radius 1 is 1.00 bits per heavy atom. The van der Waals surface area contributed by atoms with Crippen LogP contribution in [0.2, 0.25) is 0 Å². The van der Waals surface area contributed by atoms with E-state index in [-0.39, 0.29) is 16.8 Å². The van der Waals surface area contributed by atoms with Crippen LogP contribution < -0.4 is 5.32 Å². The zero-order chi connectivity index (χ0) is 18.0. The first-order valence-corrected chi connectivity index (χ1v) is 10.5. The van der Waals surface area contributed by atoms with Gasteiger partial charge in [0.15, 0.2) is 9.84 Å². The van der Waals surface area contributed by atoms with Crippen molar-refractivity contribution >= 4 is 15.7 Å². The predicted molar refractivity (Wildman–Crippen MR) is 98.5 cm³/mol. The van der Waals surface area contributed by atoms with Gasteiger partial charge in [-0.15, -0.1) is 0 Å². The lowest BCUT2D eigenvalue weighted by Gasteiger charge is -2.20. The molecule has 1 aliphatic carbocycles. The lowest BCUT2D eigenvalue weighted by Crippen LogP contribution is -2.26. The Labute approximate surface area is 149 Å². The van der Waals surface area contributed by atoms with Gasteiger partial charge in [-0.05, 0) is 73.6 Å². The molecule has 1 aliphatic rings. The average Bonchev–Trinajstić information content (AvgIpc) is 2.60. The van der Waals surface area contributed by atoms with Gasteiger partial charge >= 0.3 is 0 Å². The van der Waals surface area contributed by atoms with Crippen LogP contribution in [0, 0.1) is 0 Å². The quantitative estimate of drug-likeness (QED) is 0.911. The van der Waals surface area contributed by atoms with Gasteiger partial charge in [0, 0.05) is 11.8 Å². The number of hydrogen-bond acceptors (Lipinski definition) is 3. The Morgan fingerprint density at radius 3 is 2.28 bits per heavy atom. The monoisotopic (exact) mass is 357 g/mol. The molecular formula is C20H23NO3S. The van der Waals surface area contributed by atoms with Crippen molar-refractivity contribution < 1.29 is 13.2 Å². The highest BCUT2D eigenvalue weighted by Gasteiger charge is 2.15. The van der Waals surface area contributed by atoms with Crippen LogP contribution >= 0.6 is 0 Å². The Kier molecular flexibility index (Phi) is 4.95. The number of amides is 1. The summed E-state index contributed by atoms with van der Waals surface area (Å²) in [7, 11) is -3.25. The first-order valence-electron chi connectivity index (χ1n) is 8.57. The van der Waals surface area contributed by atoms with Crippen LogP contribution in [0.4, 0.5) is 0 Å². The molecule has 132 valence electrons. The lowest BCUT2D eigenvalue weighted by atomic mass is 9.89. The first kappa shape index (κ1) is 17.7. The van der Waals surface area contributed by atoms with Crippen molar-refractivity contribution in [3.05, 3.63) is 64.7 Å². The molecule has 0 aliphatic heterocycles. The third kappa shape index (κ3) is 4.10. The minimum atomic E-state index is -3.25. The highest BCUT2D eigenvalue weighted by Crippen LogP contribution is 2.25. The fourth-order valence-corrected chi connectivity index (χ4v) is 3.87. The summed E-state index contributed by atoms with van der Waals surface area (Å²) < 4.78 is 23.0. The van der Waals surface area contributed by atoms with Gasteiger partial charge in [0.25, 0.3) is 5.91 Å². The molecule has 0 spiro atoms. The van der Waals surface area contributed by atoms with Crippen molar-refractivity contribution in [2.45, 2.75) is 43.5 Å². The Hall–Kier alpha value is -2.14. The number of hydrogen-bond donors (Lipinski definition) is 1. The normalized spacial score (nSPS) is 15.3. The maximum Gasteiger partial charge on any atom is 0.251 e. The molecule has 1 atom stereocenters. The number of carbonyl (C=O) groups is 1. The number of nitrogens with one attached hydrogen (secondary N) is 1. The molecule has 1 amide bonds. The molecule has 0 fully saturated rings. The molecule has 0 unspecified atom stereocenters. The Morgan fingerprint density at radius 2 is 1.64 bits per heavy atom. The second-order valence-electron chi connectivity index (χ2n) is 6.73. The molecular weight excluding hydrogens is 334 g/mol. The summed E-state index contributed by atoms with van der Waals surface area (Å²) in [4.78, 5) is 12.6. The minimum Gasteiger partial charge on any atom is -0.346 e. The van der Waals surface area contributed by atoms with Gasteiger partial charge < -0.3 is 5.32 Å². The van der Waals surface area contributed by atoms with Gasteiger partial charge in [-0.2, -0.15) is 0 Å². The van der Waals surface area contributed by atoms with E-state index in [1.54, 1.807) is 12.1 Å². The number of rotatable bonds is 4. The van der Waals surface area contributed by atoms with Crippen LogP contribution in [0.15, 0.2) is 47.4 Å². The average molecular weight is 357 g/mol. The fourth-order valence-electron chi connectivity index (χ4n) is 3.24. The molecule has 0 saturated heterocycles. The maximum absolute atomic E-state index is 12.4. The van der Waals surface area contributed by atoms with Crippen LogP contribution in [0.25, 0.3) is 0 Å². The van der Waals surface area contributed by atoms with Gasteiger partial charge in [-0.3, -0.25) is 4.79 Å². The van der Waals surface area contributed by atoms with Crippen LogP contribution in [-0.2, 0) is 22.7 Å². The number of sulfone groups is 1. The van der Waals surface area contributed by atoms with Crippen molar-refractivity contribution in [2.75, 3.05) is 6.26 Å². The summed E-state index contributed by atoms with van der Waals surface area (Å²) in [6.45, 7) is 1.97. The number of carbonyl (C=O) groups excluding carboxylic acids is 1. The van der Waals surface area contributed by atoms with E-state index in [0.717, 1.165) is 24.7 Å². The van der Waals surface area contributed by atoms with Crippen LogP contribution in [0.5, 0.6) is 0 Å². The molecule has 5 heteroatoms. The third-order valence-electron chi connectivity index (χ3n) is 4.76. The number of aryl methyl sites for hydroxylation is 2. The largest absolute Gasteiger partial charge is 0.346 e. The van der Waals surface area contributed by atoms with Gasteiger partial charge in [-0.1, -0.05) is 18.2 Å². The van der Waals surface area contributed by atoms with Crippen molar-refractivity contribution in [1.29, 1.82) is 0 Å². The third-order valence-corrected chi connectivity index (χ3v) is 5.89. The van der Waals surface area contributed by atoms with E-state index in [0.29, 0.717) is 5.56 Å². The minimum absolute atomic E-state index is 0.102. The van der Waals surface area contributed by atoms with Crippen molar-refractivity contribution in [3.63, 3.8) is 0 Å². The standard InChI is InChI=1S/C20H23NO3S/c1-14(17-8-7-15-5-3-4-6-18(15)13-17)21-20(22)16-9-11-19(12-10-16)25(2,23)24/h7-14H,3-6H2,1-2H3,(H,21,22)/t14-/m1/s1. The molecule has 1 N–H and O–H groups in total. The highest BCUT2D eigenvalue weighted by atomic mass is 32.2. The summed E-state index contributed by atoms with van der Waals surface area (Å²) in [5.74, 6) is -0.203. The molecule has 0 radical (unpaired) electrons. The summed E-state index contributed by atoms with van der Waals surface area (Å²) in [5, 5.41) is 2.99. The second kappa shape index (κ2) is 7.00. The first-order chi connectivity index (χ1) is 11.8. The van der Waals surface area contributed by atoms with Gasteiger partial charge in [0.2, 0.25) is 0 Å². The summed E-state index contributed by atoms with van der Waals surface area (Å²) in [6.07, 6.45) is 5.88. The van der Waals surface area contributed by atoms with Crippen LogP contribution in [0.3, 0.4) is 0 Å².